The third kappa shape index (κ3) is 2.91. The summed E-state index contributed by atoms with van der Waals surface area (Å²) in [5.41, 5.74) is 1.09. The van der Waals surface area contributed by atoms with Crippen molar-refractivity contribution in [3.8, 4) is 0 Å². The molecule has 1 aromatic carbocycles. The first kappa shape index (κ1) is 17.2. The number of hydrogen-bond donors (Lipinski definition) is 1. The van der Waals surface area contributed by atoms with E-state index in [2.05, 4.69) is 10.3 Å². The molecule has 0 amide bonds. The first-order chi connectivity index (χ1) is 11.7. The van der Waals surface area contributed by atoms with Crippen LogP contribution in [0.3, 0.4) is 0 Å². The zero-order valence-electron chi connectivity index (χ0n) is 14.0. The van der Waals surface area contributed by atoms with Crippen molar-refractivity contribution in [3.05, 3.63) is 50.9 Å². The van der Waals surface area contributed by atoms with Crippen LogP contribution in [0, 0.1) is 6.92 Å². The Hall–Kier alpha value is -2.68. The molecule has 3 rings (SSSR count). The molecular formula is C16H17N3O5S. The van der Waals surface area contributed by atoms with Crippen molar-refractivity contribution in [2.75, 3.05) is 12.9 Å². The molecule has 25 heavy (non-hydrogen) atoms. The molecule has 0 saturated heterocycles. The molecule has 1 aromatic heterocycles. The summed E-state index contributed by atoms with van der Waals surface area (Å²) in [6.45, 7) is 1.98. The summed E-state index contributed by atoms with van der Waals surface area (Å²) >= 11 is 0. The van der Waals surface area contributed by atoms with Crippen molar-refractivity contribution >= 4 is 21.3 Å². The third-order valence-corrected chi connectivity index (χ3v) is 5.38. The van der Waals surface area contributed by atoms with Gasteiger partial charge in [0.05, 0.1) is 10.6 Å². The zero-order chi connectivity index (χ0) is 18.4. The maximum Gasteiger partial charge on any atom is 0.277 e. The summed E-state index contributed by atoms with van der Waals surface area (Å²) in [6, 6.07) is 2.81. The van der Waals surface area contributed by atoms with Crippen LogP contribution in [0.4, 0.5) is 0 Å². The van der Waals surface area contributed by atoms with Gasteiger partial charge >= 0.3 is 0 Å². The van der Waals surface area contributed by atoms with Crippen LogP contribution in [0.25, 0.3) is 0 Å². The molecule has 9 heteroatoms. The molecule has 0 fully saturated rings. The van der Waals surface area contributed by atoms with Gasteiger partial charge in [0.15, 0.2) is 9.84 Å². The Morgan fingerprint density at radius 2 is 2.04 bits per heavy atom. The monoisotopic (exact) mass is 363 g/mol. The number of rotatable bonds is 4. The molecule has 2 aromatic rings. The molecule has 1 aliphatic rings. The molecule has 0 spiro atoms. The first-order valence-electron chi connectivity index (χ1n) is 7.53. The number of sulfone groups is 1. The van der Waals surface area contributed by atoms with Crippen molar-refractivity contribution in [2.24, 2.45) is 12.2 Å². The fourth-order valence-electron chi connectivity index (χ4n) is 2.91. The van der Waals surface area contributed by atoms with E-state index in [1.165, 1.54) is 30.1 Å². The molecule has 2 heterocycles. The molecule has 0 aliphatic carbocycles. The average molecular weight is 363 g/mol. The van der Waals surface area contributed by atoms with Gasteiger partial charge in [-0.05, 0) is 24.6 Å². The SMILES string of the molecule is Cc1c(S(C)(=O)=O)ccc(C(=O)c2c[nH]n(C)c2=O)c1C1=NOCC1. The standard InChI is InChI=1S/C16H17N3O5S/c1-9-13(25(3,22)23)5-4-10(14(9)12-6-7-24-18-12)15(20)11-8-17-19(2)16(11)21/h4-5,8,17H,6-7H2,1-3H3. The van der Waals surface area contributed by atoms with Gasteiger partial charge in [0.2, 0.25) is 5.78 Å². The number of nitrogens with one attached hydrogen (secondary N) is 1. The molecule has 1 aliphatic heterocycles. The molecule has 0 unspecified atom stereocenters. The lowest BCUT2D eigenvalue weighted by Gasteiger charge is -2.13. The van der Waals surface area contributed by atoms with Gasteiger partial charge in [-0.15, -0.1) is 0 Å². The van der Waals surface area contributed by atoms with Gasteiger partial charge in [-0.2, -0.15) is 0 Å². The van der Waals surface area contributed by atoms with Gasteiger partial charge < -0.3 is 9.94 Å². The van der Waals surface area contributed by atoms with Crippen LogP contribution >= 0.6 is 0 Å². The number of nitrogens with zero attached hydrogens (tertiary/aromatic N) is 2. The van der Waals surface area contributed by atoms with Crippen LogP contribution in [0.1, 0.15) is 33.5 Å². The Balaban J connectivity index is 2.27. The topological polar surface area (TPSA) is 111 Å². The fourth-order valence-corrected chi connectivity index (χ4v) is 3.88. The molecule has 132 valence electrons. The highest BCUT2D eigenvalue weighted by molar-refractivity contribution is 7.90. The number of benzene rings is 1. The summed E-state index contributed by atoms with van der Waals surface area (Å²) in [4.78, 5) is 30.1. The Kier molecular flexibility index (Phi) is 4.11. The molecule has 0 bridgehead atoms. The Bertz CT molecular complexity index is 1060. The Morgan fingerprint density at radius 1 is 1.32 bits per heavy atom. The maximum atomic E-state index is 12.9. The van der Waals surface area contributed by atoms with E-state index in [9.17, 15) is 18.0 Å². The Morgan fingerprint density at radius 3 is 2.56 bits per heavy atom. The normalized spacial score (nSPS) is 14.3. The van der Waals surface area contributed by atoms with E-state index in [1.807, 2.05) is 0 Å². The van der Waals surface area contributed by atoms with Crippen molar-refractivity contribution in [3.63, 3.8) is 0 Å². The van der Waals surface area contributed by atoms with Crippen molar-refractivity contribution in [1.29, 1.82) is 0 Å². The largest absolute Gasteiger partial charge is 0.395 e. The summed E-state index contributed by atoms with van der Waals surface area (Å²) in [6.07, 6.45) is 2.90. The van der Waals surface area contributed by atoms with E-state index in [0.29, 0.717) is 29.9 Å². The zero-order valence-corrected chi connectivity index (χ0v) is 14.8. The fraction of sp³-hybridized carbons (Fsp3) is 0.312. The molecule has 0 atom stereocenters. The van der Waals surface area contributed by atoms with Crippen LogP contribution in [-0.4, -0.2) is 42.6 Å². The predicted molar refractivity (Wildman–Crippen MR) is 90.9 cm³/mol. The average Bonchev–Trinajstić information content (AvgIpc) is 3.16. The molecule has 8 nitrogen and oxygen atoms in total. The second-order valence-corrected chi connectivity index (χ2v) is 7.87. The number of aryl methyl sites for hydroxylation is 1. The number of carbonyl (C=O) groups is 1. The minimum Gasteiger partial charge on any atom is -0.395 e. The lowest BCUT2D eigenvalue weighted by Crippen LogP contribution is -2.21. The van der Waals surface area contributed by atoms with Gasteiger partial charge in [-0.1, -0.05) is 5.16 Å². The second-order valence-electron chi connectivity index (χ2n) is 5.89. The molecular weight excluding hydrogens is 346 g/mol. The quantitative estimate of drug-likeness (QED) is 0.807. The number of hydrogen-bond acceptors (Lipinski definition) is 6. The van der Waals surface area contributed by atoms with Crippen molar-refractivity contribution in [2.45, 2.75) is 18.2 Å². The highest BCUT2D eigenvalue weighted by atomic mass is 32.2. The smallest absolute Gasteiger partial charge is 0.277 e. The van der Waals surface area contributed by atoms with Crippen LogP contribution in [0.2, 0.25) is 0 Å². The van der Waals surface area contributed by atoms with Crippen LogP contribution < -0.4 is 5.56 Å². The lowest BCUT2D eigenvalue weighted by atomic mass is 9.92. The summed E-state index contributed by atoms with van der Waals surface area (Å²) in [7, 11) is -1.97. The predicted octanol–water partition coefficient (Wildman–Crippen LogP) is 0.781. The second kappa shape index (κ2) is 5.99. The van der Waals surface area contributed by atoms with Crippen molar-refractivity contribution < 1.29 is 18.0 Å². The van der Waals surface area contributed by atoms with Crippen LogP contribution in [0.15, 0.2) is 33.2 Å². The molecule has 0 saturated carbocycles. The summed E-state index contributed by atoms with van der Waals surface area (Å²) in [5, 5.41) is 6.59. The van der Waals surface area contributed by atoms with E-state index in [-0.39, 0.29) is 16.0 Å². The molecule has 1 N–H and O–H groups in total. The van der Waals surface area contributed by atoms with Gasteiger partial charge in [-0.3, -0.25) is 14.3 Å². The highest BCUT2D eigenvalue weighted by Crippen LogP contribution is 2.27. The number of aromatic nitrogens is 2. The van der Waals surface area contributed by atoms with E-state index < -0.39 is 21.2 Å². The third-order valence-electron chi connectivity index (χ3n) is 4.14. The number of oxime groups is 1. The minimum atomic E-state index is -3.48. The summed E-state index contributed by atoms with van der Waals surface area (Å²) in [5.74, 6) is -0.491. The van der Waals surface area contributed by atoms with E-state index in [0.717, 1.165) is 6.26 Å². The van der Waals surface area contributed by atoms with Gasteiger partial charge in [-0.25, -0.2) is 8.42 Å². The summed E-state index contributed by atoms with van der Waals surface area (Å²) < 4.78 is 25.2. The Labute approximate surface area is 144 Å². The van der Waals surface area contributed by atoms with Gasteiger partial charge in [0.1, 0.15) is 12.2 Å². The first-order valence-corrected chi connectivity index (χ1v) is 9.43. The van der Waals surface area contributed by atoms with Crippen molar-refractivity contribution in [1.82, 2.24) is 9.78 Å². The highest BCUT2D eigenvalue weighted by Gasteiger charge is 2.27. The molecule has 0 radical (unpaired) electrons. The minimum absolute atomic E-state index is 0.0187. The van der Waals surface area contributed by atoms with Gasteiger partial charge in [0.25, 0.3) is 5.56 Å². The number of aromatic amines is 1. The number of carbonyl (C=O) groups excluding carboxylic acids is 1. The van der Waals surface area contributed by atoms with E-state index >= 15 is 0 Å². The number of H-pyrrole nitrogens is 1. The van der Waals surface area contributed by atoms with Crippen LogP contribution in [-0.2, 0) is 21.7 Å². The number of ketones is 1. The van der Waals surface area contributed by atoms with Gasteiger partial charge in [0, 0.05) is 37.0 Å². The van der Waals surface area contributed by atoms with Crippen LogP contribution in [0.5, 0.6) is 0 Å². The van der Waals surface area contributed by atoms with E-state index in [4.69, 9.17) is 4.84 Å². The lowest BCUT2D eigenvalue weighted by molar-refractivity contribution is 0.103. The maximum absolute atomic E-state index is 12.9. The van der Waals surface area contributed by atoms with E-state index in [1.54, 1.807) is 6.92 Å².